The van der Waals surface area contributed by atoms with Crippen molar-refractivity contribution >= 4 is 17.8 Å². The van der Waals surface area contributed by atoms with Gasteiger partial charge in [-0.3, -0.25) is 24.1 Å². The van der Waals surface area contributed by atoms with Gasteiger partial charge in [0.15, 0.2) is 11.6 Å². The lowest BCUT2D eigenvalue weighted by molar-refractivity contribution is -0.137. The second kappa shape index (κ2) is 15.4. The Bertz CT molecular complexity index is 1690. The number of aryl methyl sites for hydroxylation is 3. The molecule has 1 saturated heterocycles. The van der Waals surface area contributed by atoms with E-state index in [1.54, 1.807) is 6.92 Å². The average molecular weight is 655 g/mol. The Morgan fingerprint density at radius 3 is 2.36 bits per heavy atom. The van der Waals surface area contributed by atoms with E-state index in [-0.39, 0.29) is 30.6 Å². The van der Waals surface area contributed by atoms with Gasteiger partial charge in [-0.15, -0.1) is 0 Å². The molecule has 1 aliphatic heterocycles. The van der Waals surface area contributed by atoms with E-state index < -0.39 is 59.7 Å². The number of halogens is 3. The van der Waals surface area contributed by atoms with E-state index in [1.807, 2.05) is 37.8 Å². The first-order chi connectivity index (χ1) is 22.3. The van der Waals surface area contributed by atoms with Gasteiger partial charge in [-0.05, 0) is 80.1 Å². The summed E-state index contributed by atoms with van der Waals surface area (Å²) in [5.74, 6) is -5.48. The van der Waals surface area contributed by atoms with Crippen LogP contribution in [0.4, 0.5) is 13.2 Å². The number of aromatic nitrogens is 1. The molecule has 0 aliphatic carbocycles. The van der Waals surface area contributed by atoms with Crippen LogP contribution in [-0.2, 0) is 16.1 Å². The van der Waals surface area contributed by atoms with Crippen LogP contribution in [0.2, 0.25) is 0 Å². The van der Waals surface area contributed by atoms with Crippen molar-refractivity contribution in [3.63, 3.8) is 0 Å². The molecule has 2 heterocycles. The van der Waals surface area contributed by atoms with Gasteiger partial charge >= 0.3 is 5.97 Å². The number of pyridine rings is 1. The minimum Gasteiger partial charge on any atom is -0.481 e. The van der Waals surface area contributed by atoms with Gasteiger partial charge in [0.1, 0.15) is 17.8 Å². The number of carbonyl (C=O) groups excluding carboxylic acids is 2. The largest absolute Gasteiger partial charge is 0.481 e. The summed E-state index contributed by atoms with van der Waals surface area (Å²) in [6.07, 6.45) is 0.851. The highest BCUT2D eigenvalue weighted by molar-refractivity contribution is 5.97. The highest BCUT2D eigenvalue weighted by Gasteiger charge is 2.29. The number of amides is 2. The summed E-state index contributed by atoms with van der Waals surface area (Å²) in [4.78, 5) is 53.7. The molecule has 0 radical (unpaired) electrons. The minimum atomic E-state index is -1.47. The fraction of sp³-hybridized carbons (Fsp3) is 0.429. The van der Waals surface area contributed by atoms with Crippen LogP contribution in [-0.4, -0.2) is 64.2 Å². The summed E-state index contributed by atoms with van der Waals surface area (Å²) < 4.78 is 45.2. The topological polar surface area (TPSA) is 121 Å². The molecule has 47 heavy (non-hydrogen) atoms. The maximum absolute atomic E-state index is 15.3. The zero-order valence-corrected chi connectivity index (χ0v) is 27.0. The number of carbonyl (C=O) groups is 3. The SMILES string of the molecule is CCC[C@H](NC(=O)c1cccn(CCN2CC[C@@H](F)C2)c1=O)C(=O)N[C@@H](CC(=O)O)c1cc(-c2c(C)cc(C)cc2C)cc(F)c1F. The highest BCUT2D eigenvalue weighted by Crippen LogP contribution is 2.33. The monoisotopic (exact) mass is 654 g/mol. The van der Waals surface area contributed by atoms with Gasteiger partial charge in [-0.1, -0.05) is 31.0 Å². The molecule has 0 saturated carbocycles. The predicted molar refractivity (Wildman–Crippen MR) is 172 cm³/mol. The number of carboxylic acid groups (broad SMARTS) is 1. The second-order valence-electron chi connectivity index (χ2n) is 12.2. The maximum Gasteiger partial charge on any atom is 0.305 e. The van der Waals surface area contributed by atoms with Crippen LogP contribution in [0.15, 0.2) is 47.4 Å². The number of rotatable bonds is 13. The molecule has 3 N–H and O–H groups in total. The van der Waals surface area contributed by atoms with E-state index in [0.717, 1.165) is 22.8 Å². The van der Waals surface area contributed by atoms with Gasteiger partial charge in [-0.2, -0.15) is 0 Å². The molecule has 1 fully saturated rings. The van der Waals surface area contributed by atoms with Gasteiger partial charge in [0.2, 0.25) is 5.91 Å². The molecule has 1 aliphatic rings. The Morgan fingerprint density at radius 1 is 1.04 bits per heavy atom. The van der Waals surface area contributed by atoms with Crippen molar-refractivity contribution < 1.29 is 32.7 Å². The normalized spacial score (nSPS) is 16.1. The third kappa shape index (κ3) is 8.68. The van der Waals surface area contributed by atoms with Crippen molar-refractivity contribution in [3.05, 3.63) is 92.4 Å². The van der Waals surface area contributed by atoms with Gasteiger partial charge in [0, 0.05) is 37.9 Å². The summed E-state index contributed by atoms with van der Waals surface area (Å²) >= 11 is 0. The summed E-state index contributed by atoms with van der Waals surface area (Å²) in [5.41, 5.74) is 2.45. The van der Waals surface area contributed by atoms with E-state index in [2.05, 4.69) is 10.6 Å². The first-order valence-electron chi connectivity index (χ1n) is 15.7. The molecular formula is C35H41F3N4O5. The van der Waals surface area contributed by atoms with Gasteiger partial charge < -0.3 is 20.3 Å². The molecule has 9 nitrogen and oxygen atoms in total. The van der Waals surface area contributed by atoms with Crippen molar-refractivity contribution in [2.45, 2.75) is 78.2 Å². The van der Waals surface area contributed by atoms with Gasteiger partial charge in [-0.25, -0.2) is 13.2 Å². The van der Waals surface area contributed by atoms with Gasteiger partial charge in [0.05, 0.1) is 12.5 Å². The first kappa shape index (κ1) is 35.4. The number of aliphatic carboxylic acids is 1. The third-order valence-corrected chi connectivity index (χ3v) is 8.43. The number of hydrogen-bond donors (Lipinski definition) is 3. The lowest BCUT2D eigenvalue weighted by Crippen LogP contribution is -2.49. The highest BCUT2D eigenvalue weighted by atomic mass is 19.2. The van der Waals surface area contributed by atoms with Gasteiger partial charge in [0.25, 0.3) is 11.5 Å². The Hall–Kier alpha value is -4.45. The van der Waals surface area contributed by atoms with Crippen molar-refractivity contribution in [3.8, 4) is 11.1 Å². The third-order valence-electron chi connectivity index (χ3n) is 8.43. The summed E-state index contributed by atoms with van der Waals surface area (Å²) in [7, 11) is 0. The first-order valence-corrected chi connectivity index (χ1v) is 15.7. The average Bonchev–Trinajstić information content (AvgIpc) is 3.41. The lowest BCUT2D eigenvalue weighted by atomic mass is 9.91. The smallest absolute Gasteiger partial charge is 0.305 e. The number of alkyl halides is 1. The van der Waals surface area contributed by atoms with E-state index in [4.69, 9.17) is 0 Å². The van der Waals surface area contributed by atoms with Crippen LogP contribution < -0.4 is 16.2 Å². The molecule has 0 spiro atoms. The van der Waals surface area contributed by atoms with E-state index in [0.29, 0.717) is 37.1 Å². The van der Waals surface area contributed by atoms with E-state index >= 15 is 8.78 Å². The quantitative estimate of drug-likeness (QED) is 0.239. The molecule has 3 atom stereocenters. The van der Waals surface area contributed by atoms with E-state index in [9.17, 15) is 28.7 Å². The molecule has 3 aromatic rings. The molecule has 0 bridgehead atoms. The second-order valence-corrected chi connectivity index (χ2v) is 12.2. The van der Waals surface area contributed by atoms with Crippen LogP contribution in [0.25, 0.3) is 11.1 Å². The molecule has 2 amide bonds. The van der Waals surface area contributed by atoms with E-state index in [1.165, 1.54) is 29.0 Å². The Labute approximate surface area is 271 Å². The maximum atomic E-state index is 15.3. The number of benzene rings is 2. The Balaban J connectivity index is 1.58. The fourth-order valence-corrected chi connectivity index (χ4v) is 6.25. The van der Waals surface area contributed by atoms with Crippen LogP contribution in [0.3, 0.4) is 0 Å². The van der Waals surface area contributed by atoms with Crippen molar-refractivity contribution in [2.24, 2.45) is 0 Å². The summed E-state index contributed by atoms with van der Waals surface area (Å²) in [5, 5.41) is 14.7. The molecule has 12 heteroatoms. The number of carboxylic acids is 1. The van der Waals surface area contributed by atoms with Crippen molar-refractivity contribution in [1.29, 1.82) is 0 Å². The van der Waals surface area contributed by atoms with Crippen LogP contribution >= 0.6 is 0 Å². The summed E-state index contributed by atoms with van der Waals surface area (Å²) in [6, 6.07) is 6.35. The Kier molecular flexibility index (Phi) is 11.6. The van der Waals surface area contributed by atoms with Crippen LogP contribution in [0, 0.1) is 32.4 Å². The zero-order chi connectivity index (χ0) is 34.4. The molecular weight excluding hydrogens is 613 g/mol. The minimum absolute atomic E-state index is 0.121. The standard InChI is InChI=1S/C35H41F3N4O5/c1-5-7-28(39-33(45)25-8-6-10-42(35(25)47)13-12-41-11-9-24(36)19-41)34(46)40-29(18-30(43)44)26-16-23(17-27(37)32(26)38)31-21(3)14-20(2)15-22(31)4/h6,8,10,14-17,24,28-29H,5,7,9,11-13,18-19H2,1-4H3,(H,39,45)(H,40,46)(H,43,44)/t24-,28+,29+/m1/s1. The Morgan fingerprint density at radius 2 is 1.74 bits per heavy atom. The summed E-state index contributed by atoms with van der Waals surface area (Å²) in [6.45, 7) is 8.89. The van der Waals surface area contributed by atoms with Crippen LogP contribution in [0.5, 0.6) is 0 Å². The fourth-order valence-electron chi connectivity index (χ4n) is 6.25. The number of hydrogen-bond acceptors (Lipinski definition) is 5. The lowest BCUT2D eigenvalue weighted by Gasteiger charge is -2.24. The van der Waals surface area contributed by atoms with Crippen LogP contribution in [0.1, 0.15) is 71.3 Å². The molecule has 2 aromatic carbocycles. The van der Waals surface area contributed by atoms with Crippen molar-refractivity contribution in [2.75, 3.05) is 19.6 Å². The zero-order valence-electron chi connectivity index (χ0n) is 27.0. The molecule has 252 valence electrons. The predicted octanol–water partition coefficient (Wildman–Crippen LogP) is 4.99. The number of nitrogens with one attached hydrogen (secondary N) is 2. The number of likely N-dealkylation sites (tertiary alicyclic amines) is 1. The molecule has 4 rings (SSSR count). The molecule has 1 aromatic heterocycles. The van der Waals surface area contributed by atoms with Crippen molar-refractivity contribution in [1.82, 2.24) is 20.1 Å². The molecule has 0 unspecified atom stereocenters. The number of nitrogens with zero attached hydrogens (tertiary/aromatic N) is 2.